The molecule has 0 aromatic heterocycles. The normalized spacial score (nSPS) is 11.1. The summed E-state index contributed by atoms with van der Waals surface area (Å²) in [6.45, 7) is 2.70. The molecule has 0 aliphatic rings. The van der Waals surface area contributed by atoms with E-state index in [0.29, 0.717) is 11.3 Å². The summed E-state index contributed by atoms with van der Waals surface area (Å²) < 4.78 is 27.8. The largest absolute Gasteiger partial charge is 0.324 e. The Hall–Kier alpha value is -2.87. The monoisotopic (exact) mass is 490 g/mol. The van der Waals surface area contributed by atoms with Gasteiger partial charge in [0.05, 0.1) is 20.6 Å². The number of hydrogen-bond acceptors (Lipinski definition) is 4. The molecule has 0 fully saturated rings. The number of halogens is 2. The molecule has 1 amide bonds. The summed E-state index contributed by atoms with van der Waals surface area (Å²) in [4.78, 5) is 24.4. The summed E-state index contributed by atoms with van der Waals surface area (Å²) in [6, 6.07) is 17.2. The molecule has 3 aromatic carbocycles. The van der Waals surface area contributed by atoms with Gasteiger partial charge in [-0.15, -0.1) is 0 Å². The number of Topliss-reactive ketones (excluding diaryl/α,β-unsaturated/α-hetero) is 1. The zero-order chi connectivity index (χ0) is 23.5. The second kappa shape index (κ2) is 9.73. The van der Waals surface area contributed by atoms with Crippen molar-refractivity contribution in [3.63, 3.8) is 0 Å². The van der Waals surface area contributed by atoms with Crippen LogP contribution in [0.15, 0.2) is 71.6 Å². The lowest BCUT2D eigenvalue weighted by molar-refractivity contribution is -0.114. The number of benzene rings is 3. The third kappa shape index (κ3) is 5.30. The van der Waals surface area contributed by atoms with Crippen LogP contribution in [0, 0.1) is 6.92 Å². The Morgan fingerprint density at radius 3 is 2.28 bits per heavy atom. The van der Waals surface area contributed by atoms with E-state index in [0.717, 1.165) is 9.87 Å². The van der Waals surface area contributed by atoms with Crippen LogP contribution in [0.5, 0.6) is 0 Å². The number of sulfonamides is 1. The van der Waals surface area contributed by atoms with E-state index in [2.05, 4.69) is 5.32 Å². The van der Waals surface area contributed by atoms with Crippen LogP contribution in [-0.4, -0.2) is 26.7 Å². The van der Waals surface area contributed by atoms with Gasteiger partial charge < -0.3 is 5.32 Å². The first-order valence-corrected chi connectivity index (χ1v) is 11.7. The molecule has 9 heteroatoms. The third-order valence-electron chi connectivity index (χ3n) is 4.65. The summed E-state index contributed by atoms with van der Waals surface area (Å²) >= 11 is 12.4. The maximum atomic E-state index is 13.4. The van der Waals surface area contributed by atoms with Crippen LogP contribution >= 0.6 is 23.2 Å². The molecule has 32 heavy (non-hydrogen) atoms. The van der Waals surface area contributed by atoms with Crippen molar-refractivity contribution in [2.24, 2.45) is 0 Å². The van der Waals surface area contributed by atoms with Gasteiger partial charge >= 0.3 is 0 Å². The summed E-state index contributed by atoms with van der Waals surface area (Å²) in [6.07, 6.45) is 0. The third-order valence-corrected chi connectivity index (χ3v) is 7.23. The number of anilines is 2. The van der Waals surface area contributed by atoms with Crippen molar-refractivity contribution in [1.29, 1.82) is 0 Å². The quantitative estimate of drug-likeness (QED) is 0.453. The highest BCUT2D eigenvalue weighted by atomic mass is 35.5. The molecule has 1 N–H and O–H groups in total. The average Bonchev–Trinajstić information content (AvgIpc) is 2.74. The maximum Gasteiger partial charge on any atom is 0.264 e. The Labute approximate surface area is 196 Å². The zero-order valence-electron chi connectivity index (χ0n) is 17.3. The predicted octanol–water partition coefficient (Wildman–Crippen LogP) is 5.34. The Morgan fingerprint density at radius 1 is 0.969 bits per heavy atom. The number of nitrogens with zero attached hydrogens (tertiary/aromatic N) is 1. The summed E-state index contributed by atoms with van der Waals surface area (Å²) in [5.74, 6) is -0.771. The van der Waals surface area contributed by atoms with Gasteiger partial charge in [-0.25, -0.2) is 8.42 Å². The first-order valence-electron chi connectivity index (χ1n) is 9.54. The minimum Gasteiger partial charge on any atom is -0.324 e. The molecule has 0 unspecified atom stereocenters. The van der Waals surface area contributed by atoms with E-state index in [1.807, 2.05) is 6.92 Å². The van der Waals surface area contributed by atoms with E-state index in [9.17, 15) is 18.0 Å². The summed E-state index contributed by atoms with van der Waals surface area (Å²) in [5.41, 5.74) is 1.75. The van der Waals surface area contributed by atoms with Crippen molar-refractivity contribution in [2.75, 3.05) is 16.2 Å². The van der Waals surface area contributed by atoms with Gasteiger partial charge in [-0.1, -0.05) is 59.1 Å². The predicted molar refractivity (Wildman–Crippen MR) is 127 cm³/mol. The minimum atomic E-state index is -4.14. The molecule has 0 saturated heterocycles. The molecule has 0 bridgehead atoms. The van der Waals surface area contributed by atoms with Crippen molar-refractivity contribution < 1.29 is 18.0 Å². The van der Waals surface area contributed by atoms with Crippen LogP contribution in [0.2, 0.25) is 10.0 Å². The van der Waals surface area contributed by atoms with Gasteiger partial charge in [-0.2, -0.15) is 0 Å². The number of nitrogens with one attached hydrogen (secondary N) is 1. The minimum absolute atomic E-state index is 0.00511. The molecule has 6 nitrogen and oxygen atoms in total. The van der Waals surface area contributed by atoms with Crippen molar-refractivity contribution in [3.8, 4) is 0 Å². The van der Waals surface area contributed by atoms with Gasteiger partial charge in [0, 0.05) is 11.3 Å². The second-order valence-corrected chi connectivity index (χ2v) is 9.73. The Bertz CT molecular complexity index is 1280. The fourth-order valence-corrected chi connectivity index (χ4v) is 4.85. The first-order chi connectivity index (χ1) is 15.1. The lowest BCUT2D eigenvalue weighted by Crippen LogP contribution is -2.38. The van der Waals surface area contributed by atoms with Crippen molar-refractivity contribution in [2.45, 2.75) is 18.7 Å². The Kier molecular flexibility index (Phi) is 7.23. The maximum absolute atomic E-state index is 13.4. The van der Waals surface area contributed by atoms with Crippen LogP contribution in [0.25, 0.3) is 0 Å². The van der Waals surface area contributed by atoms with Gasteiger partial charge in [0.25, 0.3) is 10.0 Å². The van der Waals surface area contributed by atoms with Crippen LogP contribution in [0.1, 0.15) is 22.8 Å². The standard InChI is InChI=1S/C23H20Cl2N2O4S/c1-15-9-11-19(12-10-15)32(30,31)27(21-8-4-7-20(24)23(21)25)14-22(29)26-18-6-3-5-17(13-18)16(2)28/h3-13H,14H2,1-2H3,(H,26,29). The number of amides is 1. The van der Waals surface area contributed by atoms with Gasteiger partial charge in [-0.3, -0.25) is 13.9 Å². The highest BCUT2D eigenvalue weighted by Crippen LogP contribution is 2.35. The van der Waals surface area contributed by atoms with Crippen molar-refractivity contribution >= 4 is 56.3 Å². The van der Waals surface area contributed by atoms with Crippen molar-refractivity contribution in [1.82, 2.24) is 0 Å². The molecule has 3 aromatic rings. The SMILES string of the molecule is CC(=O)c1cccc(NC(=O)CN(c2cccc(Cl)c2Cl)S(=O)(=O)c2ccc(C)cc2)c1. The number of carbonyl (C=O) groups excluding carboxylic acids is 2. The van der Waals surface area contributed by atoms with E-state index >= 15 is 0 Å². The van der Waals surface area contributed by atoms with Crippen LogP contribution in [-0.2, 0) is 14.8 Å². The molecule has 3 rings (SSSR count). The van der Waals surface area contributed by atoms with E-state index in [1.54, 1.807) is 36.4 Å². The summed E-state index contributed by atoms with van der Waals surface area (Å²) in [5, 5.41) is 2.80. The number of hydrogen-bond donors (Lipinski definition) is 1. The number of aryl methyl sites for hydroxylation is 1. The van der Waals surface area contributed by atoms with E-state index < -0.39 is 22.5 Å². The van der Waals surface area contributed by atoms with Crippen LogP contribution in [0.4, 0.5) is 11.4 Å². The molecular weight excluding hydrogens is 471 g/mol. The lowest BCUT2D eigenvalue weighted by Gasteiger charge is -2.25. The smallest absolute Gasteiger partial charge is 0.264 e. The molecule has 0 atom stereocenters. The molecule has 0 radical (unpaired) electrons. The number of ketones is 1. The molecule has 0 spiro atoms. The van der Waals surface area contributed by atoms with Gasteiger partial charge in [0.2, 0.25) is 5.91 Å². The van der Waals surface area contributed by atoms with E-state index in [1.165, 1.54) is 37.3 Å². The fraction of sp³-hybridized carbons (Fsp3) is 0.130. The van der Waals surface area contributed by atoms with Gasteiger partial charge in [0.15, 0.2) is 5.78 Å². The molecule has 166 valence electrons. The van der Waals surface area contributed by atoms with Gasteiger partial charge in [0.1, 0.15) is 6.54 Å². The highest BCUT2D eigenvalue weighted by molar-refractivity contribution is 7.92. The van der Waals surface area contributed by atoms with Gasteiger partial charge in [-0.05, 0) is 50.2 Å². The number of carbonyl (C=O) groups is 2. The molecule has 0 saturated carbocycles. The average molecular weight is 491 g/mol. The summed E-state index contributed by atoms with van der Waals surface area (Å²) in [7, 11) is -4.14. The zero-order valence-corrected chi connectivity index (χ0v) is 19.6. The lowest BCUT2D eigenvalue weighted by atomic mass is 10.1. The highest BCUT2D eigenvalue weighted by Gasteiger charge is 2.29. The topological polar surface area (TPSA) is 83.6 Å². The van der Waals surface area contributed by atoms with Crippen molar-refractivity contribution in [3.05, 3.63) is 87.9 Å². The molecular formula is C23H20Cl2N2O4S. The molecule has 0 aliphatic carbocycles. The molecule has 0 aliphatic heterocycles. The van der Waals surface area contributed by atoms with Crippen LogP contribution < -0.4 is 9.62 Å². The fourth-order valence-electron chi connectivity index (χ4n) is 2.97. The van der Waals surface area contributed by atoms with Crippen LogP contribution in [0.3, 0.4) is 0 Å². The Balaban J connectivity index is 1.98. The number of rotatable bonds is 7. The Morgan fingerprint density at radius 2 is 1.62 bits per heavy atom. The van der Waals surface area contributed by atoms with E-state index in [4.69, 9.17) is 23.2 Å². The second-order valence-electron chi connectivity index (χ2n) is 7.08. The van der Waals surface area contributed by atoms with E-state index in [-0.39, 0.29) is 26.4 Å². The first kappa shape index (κ1) is 23.8. The molecule has 0 heterocycles.